The van der Waals surface area contributed by atoms with E-state index < -0.39 is 0 Å². The van der Waals surface area contributed by atoms with Crippen LogP contribution in [0.1, 0.15) is 24.2 Å². The first-order chi connectivity index (χ1) is 12.6. The number of fused-ring (bicyclic) bond motifs is 1. The number of piperazine rings is 1. The Kier molecular flexibility index (Phi) is 4.57. The van der Waals surface area contributed by atoms with Crippen LogP contribution in [0.2, 0.25) is 0 Å². The molecule has 3 heterocycles. The molecule has 1 aliphatic heterocycles. The highest BCUT2D eigenvalue weighted by molar-refractivity contribution is 5.65. The van der Waals surface area contributed by atoms with Gasteiger partial charge in [0, 0.05) is 32.7 Å². The van der Waals surface area contributed by atoms with E-state index in [-0.39, 0.29) is 11.7 Å². The molecule has 1 unspecified atom stereocenters. The van der Waals surface area contributed by atoms with Crippen molar-refractivity contribution in [3.63, 3.8) is 0 Å². The molecule has 0 spiro atoms. The molecule has 1 N–H and O–H groups in total. The second-order valence-electron chi connectivity index (χ2n) is 7.00. The molecule has 1 fully saturated rings. The van der Waals surface area contributed by atoms with Crippen molar-refractivity contribution in [2.45, 2.75) is 19.5 Å². The number of hydrogen-bond acceptors (Lipinski definition) is 5. The lowest BCUT2D eigenvalue weighted by atomic mass is 10.1. The van der Waals surface area contributed by atoms with Gasteiger partial charge in [-0.05, 0) is 19.5 Å². The van der Waals surface area contributed by atoms with Crippen molar-refractivity contribution >= 4 is 11.3 Å². The van der Waals surface area contributed by atoms with Crippen LogP contribution in [0.4, 0.5) is 0 Å². The molecule has 1 saturated heterocycles. The van der Waals surface area contributed by atoms with E-state index in [0.717, 1.165) is 44.0 Å². The van der Waals surface area contributed by atoms with Crippen molar-refractivity contribution in [2.75, 3.05) is 33.2 Å². The van der Waals surface area contributed by atoms with Crippen LogP contribution in [-0.2, 0) is 6.54 Å². The lowest BCUT2D eigenvalue weighted by Gasteiger charge is -2.31. The second kappa shape index (κ2) is 7.01. The van der Waals surface area contributed by atoms with Gasteiger partial charge in [-0.3, -0.25) is 14.5 Å². The monoisotopic (exact) mass is 352 g/mol. The zero-order valence-corrected chi connectivity index (χ0v) is 15.2. The maximum absolute atomic E-state index is 12.5. The van der Waals surface area contributed by atoms with Gasteiger partial charge in [0.1, 0.15) is 0 Å². The molecule has 1 atom stereocenters. The number of nitrogens with one attached hydrogen (secondary N) is 1. The predicted octanol–water partition coefficient (Wildman–Crippen LogP) is 1.48. The Labute approximate surface area is 152 Å². The van der Waals surface area contributed by atoms with Gasteiger partial charge < -0.3 is 4.90 Å². The minimum absolute atomic E-state index is 0.106. The van der Waals surface area contributed by atoms with E-state index in [4.69, 9.17) is 4.98 Å². The average molecular weight is 352 g/mol. The third-order valence-electron chi connectivity index (χ3n) is 5.13. The minimum atomic E-state index is -0.173. The molecule has 2 aromatic heterocycles. The Morgan fingerprint density at radius 1 is 1.15 bits per heavy atom. The van der Waals surface area contributed by atoms with Crippen molar-refractivity contribution in [3.8, 4) is 0 Å². The summed E-state index contributed by atoms with van der Waals surface area (Å²) in [7, 11) is 2.15. The quantitative estimate of drug-likeness (QED) is 0.770. The lowest BCUT2D eigenvalue weighted by Crippen LogP contribution is -2.44. The molecular formula is C19H24N6O. The summed E-state index contributed by atoms with van der Waals surface area (Å²) in [5.74, 6) is 0. The maximum Gasteiger partial charge on any atom is 0.329 e. The fraction of sp³-hybridized carbons (Fsp3) is 0.421. The largest absolute Gasteiger partial charge is 0.329 e. The van der Waals surface area contributed by atoms with Crippen molar-refractivity contribution < 1.29 is 0 Å². The molecule has 0 aliphatic carbocycles. The first-order valence-electron chi connectivity index (χ1n) is 9.04. The molecule has 3 aromatic rings. The van der Waals surface area contributed by atoms with Gasteiger partial charge >= 0.3 is 5.69 Å². The lowest BCUT2D eigenvalue weighted by molar-refractivity contribution is 0.147. The van der Waals surface area contributed by atoms with Gasteiger partial charge in [-0.15, -0.1) is 0 Å². The number of imidazole rings is 1. The third-order valence-corrected chi connectivity index (χ3v) is 5.13. The van der Waals surface area contributed by atoms with Gasteiger partial charge in [0.25, 0.3) is 0 Å². The van der Waals surface area contributed by atoms with Crippen molar-refractivity contribution in [1.82, 2.24) is 29.3 Å². The van der Waals surface area contributed by atoms with Crippen LogP contribution in [0.3, 0.4) is 0 Å². The van der Waals surface area contributed by atoms with Crippen LogP contribution in [0, 0.1) is 0 Å². The van der Waals surface area contributed by atoms with Crippen LogP contribution < -0.4 is 5.69 Å². The topological polar surface area (TPSA) is 70.1 Å². The molecular weight excluding hydrogens is 328 g/mol. The van der Waals surface area contributed by atoms with E-state index in [1.165, 1.54) is 0 Å². The normalized spacial score (nSPS) is 17.6. The Bertz CT molecular complexity index is 940. The van der Waals surface area contributed by atoms with E-state index in [1.807, 2.05) is 37.3 Å². The standard InChI is InChI=1S/C19H24N6O/c1-14(15-6-4-3-5-7-15)25-18-17(22-19(25)26)20-12-16(21-18)13-24-10-8-23(2)9-11-24/h3-7,12,14H,8-11,13H2,1-2H3,(H,20,22,26). The van der Waals surface area contributed by atoms with E-state index in [0.29, 0.717) is 11.3 Å². The Hall–Kier alpha value is -2.51. The minimum Gasteiger partial charge on any atom is -0.304 e. The SMILES string of the molecule is CC(c1ccccc1)n1c(=O)[nH]c2ncc(CN3CCN(C)CC3)nc21. The number of nitrogens with zero attached hydrogens (tertiary/aromatic N) is 5. The maximum atomic E-state index is 12.5. The fourth-order valence-electron chi connectivity index (χ4n) is 3.48. The number of aromatic amines is 1. The summed E-state index contributed by atoms with van der Waals surface area (Å²) in [5.41, 5.74) is 2.96. The van der Waals surface area contributed by atoms with E-state index in [2.05, 4.69) is 26.8 Å². The molecule has 26 heavy (non-hydrogen) atoms. The zero-order chi connectivity index (χ0) is 18.1. The van der Waals surface area contributed by atoms with Gasteiger partial charge in [0.2, 0.25) is 0 Å². The highest BCUT2D eigenvalue weighted by Crippen LogP contribution is 2.19. The first-order valence-corrected chi connectivity index (χ1v) is 9.04. The summed E-state index contributed by atoms with van der Waals surface area (Å²) < 4.78 is 1.70. The van der Waals surface area contributed by atoms with Crippen molar-refractivity contribution in [2.24, 2.45) is 0 Å². The fourth-order valence-corrected chi connectivity index (χ4v) is 3.48. The highest BCUT2D eigenvalue weighted by atomic mass is 16.1. The molecule has 7 nitrogen and oxygen atoms in total. The number of likely N-dealkylation sites (N-methyl/N-ethyl adjacent to an activating group) is 1. The predicted molar refractivity (Wildman–Crippen MR) is 101 cm³/mol. The average Bonchev–Trinajstić information content (AvgIpc) is 2.99. The molecule has 0 bridgehead atoms. The van der Waals surface area contributed by atoms with Crippen LogP contribution in [0.15, 0.2) is 41.3 Å². The summed E-state index contributed by atoms with van der Waals surface area (Å²) in [6, 6.07) is 9.88. The number of hydrogen-bond donors (Lipinski definition) is 1. The van der Waals surface area contributed by atoms with Crippen LogP contribution >= 0.6 is 0 Å². The molecule has 0 radical (unpaired) electrons. The number of aromatic nitrogens is 4. The Balaban J connectivity index is 1.66. The summed E-state index contributed by atoms with van der Waals surface area (Å²) in [6.45, 7) is 6.95. The Morgan fingerprint density at radius 2 is 1.88 bits per heavy atom. The van der Waals surface area contributed by atoms with Crippen molar-refractivity contribution in [3.05, 3.63) is 58.3 Å². The number of benzene rings is 1. The van der Waals surface area contributed by atoms with Crippen LogP contribution in [0.25, 0.3) is 11.3 Å². The van der Waals surface area contributed by atoms with Crippen molar-refractivity contribution in [1.29, 1.82) is 0 Å². The van der Waals surface area contributed by atoms with E-state index in [1.54, 1.807) is 10.8 Å². The smallest absolute Gasteiger partial charge is 0.304 e. The van der Waals surface area contributed by atoms with Gasteiger partial charge in [0.05, 0.1) is 17.9 Å². The zero-order valence-electron chi connectivity index (χ0n) is 15.2. The molecule has 1 aliphatic rings. The molecule has 4 rings (SSSR count). The van der Waals surface area contributed by atoms with Crippen LogP contribution in [-0.4, -0.2) is 62.5 Å². The summed E-state index contributed by atoms with van der Waals surface area (Å²) in [4.78, 5) is 29.3. The third kappa shape index (κ3) is 3.27. The summed E-state index contributed by atoms with van der Waals surface area (Å²) in [5, 5.41) is 0. The summed E-state index contributed by atoms with van der Waals surface area (Å²) in [6.07, 6.45) is 1.77. The summed E-state index contributed by atoms with van der Waals surface area (Å²) >= 11 is 0. The molecule has 0 saturated carbocycles. The number of H-pyrrole nitrogens is 1. The molecule has 1 aromatic carbocycles. The molecule has 7 heteroatoms. The number of rotatable bonds is 4. The second-order valence-corrected chi connectivity index (χ2v) is 7.00. The Morgan fingerprint density at radius 3 is 2.62 bits per heavy atom. The van der Waals surface area contributed by atoms with E-state index in [9.17, 15) is 4.79 Å². The molecule has 136 valence electrons. The van der Waals surface area contributed by atoms with Gasteiger partial charge in [-0.2, -0.15) is 0 Å². The van der Waals surface area contributed by atoms with Gasteiger partial charge in [-0.25, -0.2) is 14.8 Å². The van der Waals surface area contributed by atoms with Crippen LogP contribution in [0.5, 0.6) is 0 Å². The van der Waals surface area contributed by atoms with Gasteiger partial charge in [-0.1, -0.05) is 30.3 Å². The van der Waals surface area contributed by atoms with E-state index >= 15 is 0 Å². The first kappa shape index (κ1) is 16.9. The molecule has 0 amide bonds. The van der Waals surface area contributed by atoms with Gasteiger partial charge in [0.15, 0.2) is 11.3 Å². The highest BCUT2D eigenvalue weighted by Gasteiger charge is 2.19.